The molecular weight excluding hydrogens is 249 g/mol. The molecular formula is C10H13Cl2N3O. The minimum atomic E-state index is -0.0440. The second kappa shape index (κ2) is 5.08. The molecule has 4 nitrogen and oxygen atoms in total. The molecule has 88 valence electrons. The van der Waals surface area contributed by atoms with Gasteiger partial charge >= 0.3 is 0 Å². The highest BCUT2D eigenvalue weighted by molar-refractivity contribution is 6.41. The number of hydrogen-bond donors (Lipinski definition) is 2. The van der Waals surface area contributed by atoms with Crippen molar-refractivity contribution in [2.24, 2.45) is 0 Å². The maximum atomic E-state index is 12.1. The predicted octanol–water partition coefficient (Wildman–Crippen LogP) is 1.76. The van der Waals surface area contributed by atoms with Crippen LogP contribution < -0.4 is 5.32 Å². The molecule has 0 saturated carbocycles. The molecule has 2 N–H and O–H groups in total. The molecule has 0 spiro atoms. The van der Waals surface area contributed by atoms with E-state index in [1.54, 1.807) is 11.0 Å². The summed E-state index contributed by atoms with van der Waals surface area (Å²) < 4.78 is 0. The van der Waals surface area contributed by atoms with E-state index in [2.05, 4.69) is 10.3 Å². The van der Waals surface area contributed by atoms with Crippen molar-refractivity contribution in [3.8, 4) is 0 Å². The van der Waals surface area contributed by atoms with Gasteiger partial charge in [-0.05, 0) is 19.0 Å². The molecule has 1 aromatic rings. The fraction of sp³-hybridized carbons (Fsp3) is 0.500. The van der Waals surface area contributed by atoms with Gasteiger partial charge in [0.15, 0.2) is 0 Å². The number of amides is 1. The monoisotopic (exact) mass is 261 g/mol. The molecule has 1 aliphatic rings. The van der Waals surface area contributed by atoms with E-state index in [9.17, 15) is 4.79 Å². The van der Waals surface area contributed by atoms with Crippen LogP contribution in [0.15, 0.2) is 6.07 Å². The lowest BCUT2D eigenvalue weighted by Gasteiger charge is -2.18. The Morgan fingerprint density at radius 1 is 1.31 bits per heavy atom. The number of carbonyl (C=O) groups excluding carboxylic acids is 1. The Labute approximate surface area is 104 Å². The number of carbonyl (C=O) groups is 1. The van der Waals surface area contributed by atoms with Gasteiger partial charge < -0.3 is 15.2 Å². The van der Waals surface area contributed by atoms with Crippen LogP contribution in [0.3, 0.4) is 0 Å². The molecule has 6 heteroatoms. The van der Waals surface area contributed by atoms with Crippen LogP contribution in [0.25, 0.3) is 0 Å². The first-order chi connectivity index (χ1) is 7.68. The van der Waals surface area contributed by atoms with Crippen molar-refractivity contribution in [2.75, 3.05) is 26.2 Å². The van der Waals surface area contributed by atoms with E-state index >= 15 is 0 Å². The Morgan fingerprint density at radius 3 is 2.81 bits per heavy atom. The predicted molar refractivity (Wildman–Crippen MR) is 64.2 cm³/mol. The van der Waals surface area contributed by atoms with Gasteiger partial charge in [0.1, 0.15) is 10.8 Å². The van der Waals surface area contributed by atoms with E-state index in [1.807, 2.05) is 0 Å². The standard InChI is InChI=1S/C10H13Cl2N3O/c11-7-6-8(14-9(7)12)10(16)15-4-1-2-13-3-5-15/h6,13-14H,1-5H2. The van der Waals surface area contributed by atoms with Crippen molar-refractivity contribution >= 4 is 29.1 Å². The molecule has 0 aromatic carbocycles. The molecule has 0 radical (unpaired) electrons. The topological polar surface area (TPSA) is 48.1 Å². The van der Waals surface area contributed by atoms with Crippen LogP contribution in [0.5, 0.6) is 0 Å². The molecule has 1 fully saturated rings. The number of rotatable bonds is 1. The molecule has 1 saturated heterocycles. The van der Waals surface area contributed by atoms with Crippen molar-refractivity contribution in [3.63, 3.8) is 0 Å². The van der Waals surface area contributed by atoms with Gasteiger partial charge in [0.2, 0.25) is 0 Å². The Morgan fingerprint density at radius 2 is 2.12 bits per heavy atom. The number of nitrogens with one attached hydrogen (secondary N) is 2. The normalized spacial score (nSPS) is 17.2. The third kappa shape index (κ3) is 2.51. The minimum absolute atomic E-state index is 0.0440. The van der Waals surface area contributed by atoms with Gasteiger partial charge in [-0.15, -0.1) is 0 Å². The number of hydrogen-bond acceptors (Lipinski definition) is 2. The van der Waals surface area contributed by atoms with E-state index in [-0.39, 0.29) is 5.91 Å². The van der Waals surface area contributed by atoms with Crippen molar-refractivity contribution < 1.29 is 4.79 Å². The summed E-state index contributed by atoms with van der Waals surface area (Å²) in [6, 6.07) is 1.57. The van der Waals surface area contributed by atoms with Gasteiger partial charge in [0.05, 0.1) is 5.02 Å². The number of aromatic nitrogens is 1. The number of nitrogens with zero attached hydrogens (tertiary/aromatic N) is 1. The van der Waals surface area contributed by atoms with E-state index in [0.717, 1.165) is 26.1 Å². The maximum Gasteiger partial charge on any atom is 0.270 e. The van der Waals surface area contributed by atoms with Gasteiger partial charge in [-0.1, -0.05) is 23.2 Å². The maximum absolute atomic E-state index is 12.1. The summed E-state index contributed by atoms with van der Waals surface area (Å²) in [7, 11) is 0. The SMILES string of the molecule is O=C(c1cc(Cl)c(Cl)[nH]1)N1CCCNCC1. The molecule has 1 aliphatic heterocycles. The van der Waals surface area contributed by atoms with Gasteiger partial charge in [0.25, 0.3) is 5.91 Å². The number of H-pyrrole nitrogens is 1. The first-order valence-corrected chi connectivity index (χ1v) is 5.98. The van der Waals surface area contributed by atoms with Gasteiger partial charge in [-0.25, -0.2) is 0 Å². The Balaban J connectivity index is 2.11. The second-order valence-corrected chi connectivity index (χ2v) is 4.53. The fourth-order valence-corrected chi connectivity index (χ4v) is 2.05. The first kappa shape index (κ1) is 11.8. The third-order valence-electron chi connectivity index (χ3n) is 2.58. The van der Waals surface area contributed by atoms with Gasteiger partial charge in [-0.3, -0.25) is 4.79 Å². The molecule has 0 bridgehead atoms. The van der Waals surface area contributed by atoms with Crippen molar-refractivity contribution in [2.45, 2.75) is 6.42 Å². The van der Waals surface area contributed by atoms with E-state index < -0.39 is 0 Å². The molecule has 0 aliphatic carbocycles. The highest BCUT2D eigenvalue weighted by Gasteiger charge is 2.19. The lowest BCUT2D eigenvalue weighted by Crippen LogP contribution is -2.34. The molecule has 1 aromatic heterocycles. The quantitative estimate of drug-likeness (QED) is 0.810. The molecule has 2 heterocycles. The first-order valence-electron chi connectivity index (χ1n) is 5.22. The smallest absolute Gasteiger partial charge is 0.270 e. The van der Waals surface area contributed by atoms with E-state index in [1.165, 1.54) is 0 Å². The van der Waals surface area contributed by atoms with E-state index in [0.29, 0.717) is 22.4 Å². The Hall–Kier alpha value is -0.710. The van der Waals surface area contributed by atoms with Crippen LogP contribution >= 0.6 is 23.2 Å². The van der Waals surface area contributed by atoms with Crippen molar-refractivity contribution in [1.29, 1.82) is 0 Å². The molecule has 16 heavy (non-hydrogen) atoms. The average molecular weight is 262 g/mol. The summed E-state index contributed by atoms with van der Waals surface area (Å²) >= 11 is 11.6. The lowest BCUT2D eigenvalue weighted by atomic mass is 10.3. The number of halogens is 2. The summed E-state index contributed by atoms with van der Waals surface area (Å²) in [5, 5.41) is 3.95. The summed E-state index contributed by atoms with van der Waals surface area (Å²) in [5.74, 6) is -0.0440. The summed E-state index contributed by atoms with van der Waals surface area (Å²) in [6.07, 6.45) is 0.966. The third-order valence-corrected chi connectivity index (χ3v) is 3.28. The van der Waals surface area contributed by atoms with Gasteiger partial charge in [-0.2, -0.15) is 0 Å². The summed E-state index contributed by atoms with van der Waals surface area (Å²) in [5.41, 5.74) is 0.455. The summed E-state index contributed by atoms with van der Waals surface area (Å²) in [4.78, 5) is 16.7. The zero-order valence-corrected chi connectivity index (χ0v) is 10.2. The highest BCUT2D eigenvalue weighted by Crippen LogP contribution is 2.22. The van der Waals surface area contributed by atoms with E-state index in [4.69, 9.17) is 23.2 Å². The molecule has 1 amide bonds. The van der Waals surface area contributed by atoms with Crippen LogP contribution in [0.2, 0.25) is 10.2 Å². The van der Waals surface area contributed by atoms with Crippen LogP contribution in [0.1, 0.15) is 16.9 Å². The van der Waals surface area contributed by atoms with Gasteiger partial charge in [0, 0.05) is 19.6 Å². The minimum Gasteiger partial charge on any atom is -0.340 e. The highest BCUT2D eigenvalue weighted by atomic mass is 35.5. The Bertz CT molecular complexity index is 364. The lowest BCUT2D eigenvalue weighted by molar-refractivity contribution is 0.0761. The van der Waals surface area contributed by atoms with Crippen molar-refractivity contribution in [3.05, 3.63) is 21.9 Å². The average Bonchev–Trinajstić information content (AvgIpc) is 2.51. The summed E-state index contributed by atoms with van der Waals surface area (Å²) in [6.45, 7) is 3.26. The van der Waals surface area contributed by atoms with Crippen molar-refractivity contribution in [1.82, 2.24) is 15.2 Å². The second-order valence-electron chi connectivity index (χ2n) is 3.74. The zero-order chi connectivity index (χ0) is 11.5. The van der Waals surface area contributed by atoms with Crippen LogP contribution in [-0.4, -0.2) is 42.0 Å². The van der Waals surface area contributed by atoms with Crippen LogP contribution in [0, 0.1) is 0 Å². The molecule has 2 rings (SSSR count). The fourth-order valence-electron chi connectivity index (χ4n) is 1.74. The van der Waals surface area contributed by atoms with Crippen LogP contribution in [-0.2, 0) is 0 Å². The van der Waals surface area contributed by atoms with Crippen LogP contribution in [0.4, 0.5) is 0 Å². The molecule has 0 unspecified atom stereocenters. The zero-order valence-electron chi connectivity index (χ0n) is 8.72. The largest absolute Gasteiger partial charge is 0.340 e. The Kier molecular flexibility index (Phi) is 3.74. The molecule has 0 atom stereocenters. The number of aromatic amines is 1.